The number of urea groups is 1. The average molecular weight is 251 g/mol. The summed E-state index contributed by atoms with van der Waals surface area (Å²) in [4.78, 5) is 13.7. The van der Waals surface area contributed by atoms with Gasteiger partial charge in [-0.2, -0.15) is 5.10 Å². The van der Waals surface area contributed by atoms with Crippen LogP contribution in [0.15, 0.2) is 6.20 Å². The van der Waals surface area contributed by atoms with E-state index in [-0.39, 0.29) is 12.1 Å². The quantitative estimate of drug-likeness (QED) is 0.728. The first-order valence-electron chi connectivity index (χ1n) is 6.43. The molecule has 0 spiro atoms. The van der Waals surface area contributed by atoms with Gasteiger partial charge in [0, 0.05) is 49.9 Å². The number of rotatable bonds is 4. The Kier molecular flexibility index (Phi) is 4.19. The van der Waals surface area contributed by atoms with Gasteiger partial charge in [0.2, 0.25) is 0 Å². The van der Waals surface area contributed by atoms with E-state index in [2.05, 4.69) is 25.7 Å². The molecule has 0 unspecified atom stereocenters. The van der Waals surface area contributed by atoms with Gasteiger partial charge in [0.15, 0.2) is 0 Å². The molecule has 2 amide bonds. The van der Waals surface area contributed by atoms with Gasteiger partial charge in [0.05, 0.1) is 6.20 Å². The summed E-state index contributed by atoms with van der Waals surface area (Å²) in [6.45, 7) is 7.37. The number of fused-ring (bicyclic) bond motifs is 1. The smallest absolute Gasteiger partial charge is 0.315 e. The van der Waals surface area contributed by atoms with Crippen LogP contribution in [0.5, 0.6) is 0 Å². The number of nitrogens with one attached hydrogen (secondary N) is 3. The van der Waals surface area contributed by atoms with E-state index in [0.717, 1.165) is 26.1 Å². The molecule has 1 aromatic heterocycles. The minimum atomic E-state index is -0.0917. The molecule has 18 heavy (non-hydrogen) atoms. The lowest BCUT2D eigenvalue weighted by molar-refractivity contribution is 0.229. The molecule has 6 heteroatoms. The number of carbonyl (C=O) groups excluding carboxylic acids is 1. The van der Waals surface area contributed by atoms with Crippen molar-refractivity contribution in [2.24, 2.45) is 0 Å². The predicted molar refractivity (Wildman–Crippen MR) is 69.2 cm³/mol. The highest BCUT2D eigenvalue weighted by molar-refractivity contribution is 5.74. The Balaban J connectivity index is 1.68. The number of hydrogen-bond acceptors (Lipinski definition) is 3. The van der Waals surface area contributed by atoms with Crippen LogP contribution in [0, 0.1) is 0 Å². The second-order valence-electron chi connectivity index (χ2n) is 4.95. The standard InChI is InChI=1S/C12H21N5O/c1-9(2)15-12(18)13-4-6-17-5-3-11-10(8-17)7-14-16-11/h7,9H,3-6,8H2,1-2H3,(H,14,16)(H2,13,15,18). The Bertz CT molecular complexity index is 401. The highest BCUT2D eigenvalue weighted by Gasteiger charge is 2.17. The number of nitrogens with zero attached hydrogens (tertiary/aromatic N) is 2. The van der Waals surface area contributed by atoms with Gasteiger partial charge in [-0.25, -0.2) is 4.79 Å². The topological polar surface area (TPSA) is 73.1 Å². The number of carbonyl (C=O) groups is 1. The molecule has 3 N–H and O–H groups in total. The molecule has 0 atom stereocenters. The Hall–Kier alpha value is -1.56. The second-order valence-corrected chi connectivity index (χ2v) is 4.95. The SMILES string of the molecule is CC(C)NC(=O)NCCN1CCc2[nH]ncc2C1. The minimum Gasteiger partial charge on any atom is -0.337 e. The molecule has 1 aliphatic heterocycles. The Morgan fingerprint density at radius 3 is 3.22 bits per heavy atom. The number of H-pyrrole nitrogens is 1. The molecule has 6 nitrogen and oxygen atoms in total. The van der Waals surface area contributed by atoms with Crippen LogP contribution in [0.2, 0.25) is 0 Å². The lowest BCUT2D eigenvalue weighted by Gasteiger charge is -2.26. The summed E-state index contributed by atoms with van der Waals surface area (Å²) in [6, 6.07) is 0.0829. The number of hydrogen-bond donors (Lipinski definition) is 3. The third-order valence-electron chi connectivity index (χ3n) is 3.01. The van der Waals surface area contributed by atoms with E-state index >= 15 is 0 Å². The van der Waals surface area contributed by atoms with Crippen molar-refractivity contribution in [3.05, 3.63) is 17.5 Å². The fourth-order valence-corrected chi connectivity index (χ4v) is 2.11. The van der Waals surface area contributed by atoms with Crippen molar-refractivity contribution >= 4 is 6.03 Å². The number of aromatic nitrogens is 2. The van der Waals surface area contributed by atoms with Crippen molar-refractivity contribution < 1.29 is 4.79 Å². The van der Waals surface area contributed by atoms with Crippen molar-refractivity contribution in [3.8, 4) is 0 Å². The fraction of sp³-hybridized carbons (Fsp3) is 0.667. The third kappa shape index (κ3) is 3.46. The summed E-state index contributed by atoms with van der Waals surface area (Å²) < 4.78 is 0. The lowest BCUT2D eigenvalue weighted by Crippen LogP contribution is -2.43. The molecule has 0 aromatic carbocycles. The molecule has 2 heterocycles. The molecule has 1 aromatic rings. The molecule has 0 saturated heterocycles. The van der Waals surface area contributed by atoms with Crippen LogP contribution < -0.4 is 10.6 Å². The Morgan fingerprint density at radius 2 is 2.44 bits per heavy atom. The van der Waals surface area contributed by atoms with Gasteiger partial charge in [-0.3, -0.25) is 10.00 Å². The molecule has 0 fully saturated rings. The highest BCUT2D eigenvalue weighted by Crippen LogP contribution is 2.14. The Morgan fingerprint density at radius 1 is 1.61 bits per heavy atom. The molecule has 0 saturated carbocycles. The Labute approximate surface area is 107 Å². The van der Waals surface area contributed by atoms with Crippen molar-refractivity contribution in [2.45, 2.75) is 32.9 Å². The summed E-state index contributed by atoms with van der Waals surface area (Å²) >= 11 is 0. The van der Waals surface area contributed by atoms with Crippen LogP contribution in [0.1, 0.15) is 25.1 Å². The predicted octanol–water partition coefficient (Wildman–Crippen LogP) is 0.475. The molecular weight excluding hydrogens is 230 g/mol. The third-order valence-corrected chi connectivity index (χ3v) is 3.01. The van der Waals surface area contributed by atoms with Crippen LogP contribution in [0.3, 0.4) is 0 Å². The zero-order valence-electron chi connectivity index (χ0n) is 11.0. The zero-order chi connectivity index (χ0) is 13.0. The van der Waals surface area contributed by atoms with Gasteiger partial charge in [-0.15, -0.1) is 0 Å². The molecule has 0 bridgehead atoms. The van der Waals surface area contributed by atoms with E-state index in [1.54, 1.807) is 0 Å². The molecule has 0 aliphatic carbocycles. The molecule has 1 aliphatic rings. The van der Waals surface area contributed by atoms with E-state index in [1.165, 1.54) is 11.3 Å². The maximum atomic E-state index is 11.4. The minimum absolute atomic E-state index is 0.0917. The van der Waals surface area contributed by atoms with E-state index in [0.29, 0.717) is 6.54 Å². The van der Waals surface area contributed by atoms with E-state index in [1.807, 2.05) is 20.0 Å². The van der Waals surface area contributed by atoms with Crippen LogP contribution in [0.4, 0.5) is 4.79 Å². The molecule has 2 rings (SSSR count). The van der Waals surface area contributed by atoms with Crippen LogP contribution in [0.25, 0.3) is 0 Å². The summed E-state index contributed by atoms with van der Waals surface area (Å²) in [6.07, 6.45) is 2.90. The normalized spacial score (nSPS) is 15.5. The van der Waals surface area contributed by atoms with Gasteiger partial charge >= 0.3 is 6.03 Å². The van der Waals surface area contributed by atoms with Gasteiger partial charge in [0.25, 0.3) is 0 Å². The van der Waals surface area contributed by atoms with Crippen LogP contribution in [-0.2, 0) is 13.0 Å². The average Bonchev–Trinajstić information content (AvgIpc) is 2.75. The fourth-order valence-electron chi connectivity index (χ4n) is 2.11. The monoisotopic (exact) mass is 251 g/mol. The van der Waals surface area contributed by atoms with Crippen LogP contribution in [-0.4, -0.2) is 46.8 Å². The summed E-state index contributed by atoms with van der Waals surface area (Å²) in [5, 5.41) is 12.7. The number of amides is 2. The van der Waals surface area contributed by atoms with Gasteiger partial charge < -0.3 is 10.6 Å². The lowest BCUT2D eigenvalue weighted by atomic mass is 10.1. The van der Waals surface area contributed by atoms with Crippen LogP contribution >= 0.6 is 0 Å². The first-order valence-corrected chi connectivity index (χ1v) is 6.43. The summed E-state index contributed by atoms with van der Waals surface area (Å²) in [7, 11) is 0. The van der Waals surface area contributed by atoms with Crippen molar-refractivity contribution in [3.63, 3.8) is 0 Å². The highest BCUT2D eigenvalue weighted by atomic mass is 16.2. The van der Waals surface area contributed by atoms with E-state index in [9.17, 15) is 4.79 Å². The maximum Gasteiger partial charge on any atom is 0.315 e. The largest absolute Gasteiger partial charge is 0.337 e. The second kappa shape index (κ2) is 5.86. The van der Waals surface area contributed by atoms with Crippen molar-refractivity contribution in [2.75, 3.05) is 19.6 Å². The van der Waals surface area contributed by atoms with E-state index in [4.69, 9.17) is 0 Å². The zero-order valence-corrected chi connectivity index (χ0v) is 11.0. The van der Waals surface area contributed by atoms with Crippen molar-refractivity contribution in [1.29, 1.82) is 0 Å². The summed E-state index contributed by atoms with van der Waals surface area (Å²) in [5.41, 5.74) is 2.52. The van der Waals surface area contributed by atoms with Gasteiger partial charge in [0.1, 0.15) is 0 Å². The molecule has 0 radical (unpaired) electrons. The summed E-state index contributed by atoms with van der Waals surface area (Å²) in [5.74, 6) is 0. The van der Waals surface area contributed by atoms with E-state index < -0.39 is 0 Å². The van der Waals surface area contributed by atoms with Crippen molar-refractivity contribution in [1.82, 2.24) is 25.7 Å². The van der Waals surface area contributed by atoms with Gasteiger partial charge in [-0.05, 0) is 13.8 Å². The first kappa shape index (κ1) is 12.9. The number of aromatic amines is 1. The van der Waals surface area contributed by atoms with Gasteiger partial charge in [-0.1, -0.05) is 0 Å². The maximum absolute atomic E-state index is 11.4. The molecule has 100 valence electrons. The first-order chi connectivity index (χ1) is 8.65. The molecular formula is C12H21N5O.